The molecule has 2 aromatic carbocycles. The molecule has 1 saturated heterocycles. The van der Waals surface area contributed by atoms with Crippen LogP contribution in [0.1, 0.15) is 30.1 Å². The Morgan fingerprint density at radius 3 is 2.32 bits per heavy atom. The van der Waals surface area contributed by atoms with Gasteiger partial charge in [-0.3, -0.25) is 9.59 Å². The molecule has 0 radical (unpaired) electrons. The van der Waals surface area contributed by atoms with Gasteiger partial charge in [0.15, 0.2) is 0 Å². The van der Waals surface area contributed by atoms with Gasteiger partial charge in [-0.1, -0.05) is 35.3 Å². The van der Waals surface area contributed by atoms with E-state index in [1.54, 1.807) is 37.1 Å². The van der Waals surface area contributed by atoms with E-state index in [-0.39, 0.29) is 21.3 Å². The number of hydrogen-bond acceptors (Lipinski definition) is 7. The first-order valence-electron chi connectivity index (χ1n) is 10.5. The second kappa shape index (κ2) is 13.9. The Bertz CT molecular complexity index is 1020. The van der Waals surface area contributed by atoms with Crippen molar-refractivity contribution in [3.05, 3.63) is 69.5 Å². The number of nitrogen functional groups attached to an aromatic ring is 1. The first kappa shape index (κ1) is 27.5. The summed E-state index contributed by atoms with van der Waals surface area (Å²) in [5, 5.41) is 12.9. The summed E-state index contributed by atoms with van der Waals surface area (Å²) in [7, 11) is 0. The Labute approximate surface area is 213 Å². The van der Waals surface area contributed by atoms with Crippen LogP contribution in [0.5, 0.6) is 0 Å². The molecule has 8 nitrogen and oxygen atoms in total. The average Bonchev–Trinajstić information content (AvgIpc) is 2.79. The third-order valence-electron chi connectivity index (χ3n) is 4.86. The van der Waals surface area contributed by atoms with E-state index >= 15 is 0 Å². The van der Waals surface area contributed by atoms with Crippen molar-refractivity contribution in [3.63, 3.8) is 0 Å². The van der Waals surface area contributed by atoms with Crippen LogP contribution in [-0.4, -0.2) is 42.0 Å². The summed E-state index contributed by atoms with van der Waals surface area (Å²) in [5.41, 5.74) is 12.7. The van der Waals surface area contributed by atoms with E-state index < -0.39 is 5.91 Å². The predicted octanol–water partition coefficient (Wildman–Crippen LogP) is 4.05. The summed E-state index contributed by atoms with van der Waals surface area (Å²) >= 11 is 13.5. The smallest absolute Gasteiger partial charge is 0.258 e. The molecule has 0 aromatic heterocycles. The number of carbonyl (C=O) groups excluding carboxylic acids is 2. The van der Waals surface area contributed by atoms with Crippen LogP contribution in [-0.2, 0) is 4.79 Å². The zero-order valence-corrected chi connectivity index (χ0v) is 21.0. The molecule has 11 heteroatoms. The van der Waals surface area contributed by atoms with Crippen molar-refractivity contribution in [3.8, 4) is 0 Å². The minimum atomic E-state index is -0.496. The molecule has 0 spiro atoms. The lowest BCUT2D eigenvalue weighted by atomic mass is 10.1. The maximum atomic E-state index is 11.9. The fraction of sp³-hybridized carbons (Fsp3) is 0.261. The molecule has 2 amide bonds. The van der Waals surface area contributed by atoms with Gasteiger partial charge in [-0.15, -0.1) is 0 Å². The fourth-order valence-electron chi connectivity index (χ4n) is 3.08. The number of nitrogens with zero attached hydrogens (tertiary/aromatic N) is 1. The Morgan fingerprint density at radius 2 is 1.79 bits per heavy atom. The van der Waals surface area contributed by atoms with Gasteiger partial charge < -0.3 is 27.5 Å². The van der Waals surface area contributed by atoms with Gasteiger partial charge in [0.2, 0.25) is 6.41 Å². The lowest BCUT2D eigenvalue weighted by Crippen LogP contribution is -2.39. The van der Waals surface area contributed by atoms with Gasteiger partial charge in [0.05, 0.1) is 21.3 Å². The number of piperidine rings is 1. The summed E-state index contributed by atoms with van der Waals surface area (Å²) < 4.78 is 2.32. The second-order valence-corrected chi connectivity index (χ2v) is 9.43. The number of halogens is 2. The van der Waals surface area contributed by atoms with Crippen molar-refractivity contribution in [2.24, 2.45) is 5.73 Å². The number of anilines is 1. The third kappa shape index (κ3) is 8.57. The molecule has 182 valence electrons. The zero-order chi connectivity index (χ0) is 25.1. The maximum absolute atomic E-state index is 11.9. The van der Waals surface area contributed by atoms with Crippen LogP contribution in [0.3, 0.4) is 0 Å². The molecule has 34 heavy (non-hydrogen) atoms. The molecule has 2 aromatic rings. The third-order valence-corrected chi connectivity index (χ3v) is 6.58. The number of nitrogens with one attached hydrogen (secondary N) is 3. The van der Waals surface area contributed by atoms with E-state index in [0.717, 1.165) is 44.2 Å². The number of amides is 2. The quantitative estimate of drug-likeness (QED) is 0.161. The molecule has 0 saturated carbocycles. The second-order valence-electron chi connectivity index (χ2n) is 7.44. The largest absolute Gasteiger partial charge is 0.401 e. The summed E-state index contributed by atoms with van der Waals surface area (Å²) in [6.45, 7) is 3.56. The van der Waals surface area contributed by atoms with Crippen molar-refractivity contribution in [2.45, 2.75) is 30.7 Å². The molecule has 7 N–H and O–H groups in total. The number of carbonyl (C=O) groups is 2. The van der Waals surface area contributed by atoms with Crippen molar-refractivity contribution in [1.82, 2.24) is 14.9 Å². The molecule has 1 fully saturated rings. The highest BCUT2D eigenvalue weighted by atomic mass is 35.5. The average molecular weight is 523 g/mol. The number of hydrogen-bond donors (Lipinski definition) is 5. The predicted molar refractivity (Wildman–Crippen MR) is 140 cm³/mol. The van der Waals surface area contributed by atoms with E-state index in [1.807, 2.05) is 18.2 Å². The van der Waals surface area contributed by atoms with Crippen LogP contribution >= 0.6 is 35.1 Å². The van der Waals surface area contributed by atoms with E-state index in [1.165, 1.54) is 4.90 Å². The number of nitrogens with two attached hydrogens (primary N) is 2. The van der Waals surface area contributed by atoms with Gasteiger partial charge in [0, 0.05) is 41.6 Å². The monoisotopic (exact) mass is 522 g/mol. The van der Waals surface area contributed by atoms with Gasteiger partial charge in [-0.25, -0.2) is 4.31 Å². The van der Waals surface area contributed by atoms with Crippen LogP contribution in [0.15, 0.2) is 58.8 Å². The summed E-state index contributed by atoms with van der Waals surface area (Å²) in [5.74, 6) is -0.496. The van der Waals surface area contributed by atoms with Gasteiger partial charge in [0.25, 0.3) is 5.91 Å². The molecular formula is C23H28Cl2N6O2S. The molecule has 0 unspecified atom stereocenters. The van der Waals surface area contributed by atoms with Gasteiger partial charge in [0.1, 0.15) is 0 Å². The minimum absolute atomic E-state index is 0.163. The normalized spacial score (nSPS) is 14.8. The summed E-state index contributed by atoms with van der Waals surface area (Å²) in [6.07, 6.45) is 3.77. The first-order chi connectivity index (χ1) is 16.2. The van der Waals surface area contributed by atoms with Crippen molar-refractivity contribution >= 4 is 59.4 Å². The Hall–Kier alpha value is -2.72. The zero-order valence-electron chi connectivity index (χ0n) is 18.7. The summed E-state index contributed by atoms with van der Waals surface area (Å²) in [4.78, 5) is 23.4. The number of benzene rings is 2. The van der Waals surface area contributed by atoms with Gasteiger partial charge >= 0.3 is 0 Å². The lowest BCUT2D eigenvalue weighted by Gasteiger charge is -2.30. The van der Waals surface area contributed by atoms with E-state index in [2.05, 4.69) is 21.0 Å². The van der Waals surface area contributed by atoms with E-state index in [9.17, 15) is 9.59 Å². The highest BCUT2D eigenvalue weighted by Crippen LogP contribution is 2.27. The minimum Gasteiger partial charge on any atom is -0.401 e. The molecule has 1 aliphatic heterocycles. The topological polar surface area (TPSA) is 137 Å². The summed E-state index contributed by atoms with van der Waals surface area (Å²) in [6, 6.07) is 13.0. The van der Waals surface area contributed by atoms with Crippen LogP contribution in [0.4, 0.5) is 5.69 Å². The molecular weight excluding hydrogens is 495 g/mol. The standard InChI is InChI=1S/C12H17N3OS.C11H11Cl2N3O/c13-10-2-1-3-12(8-10)17-15-6-4-11(5-7-15)14-9-16;1-6(15)9(5-14)16-11(17)10-7(12)3-2-4-8(10)13/h1-3,8-9,11H,4-7,13H2,(H,14,16);2-5,14H,15H2,1H3,(H,16,17)/b;9-6+,14-5?. The first-order valence-corrected chi connectivity index (χ1v) is 12.0. The number of allylic oxidation sites excluding steroid dienone is 2. The van der Waals surface area contributed by atoms with Crippen LogP contribution in [0, 0.1) is 5.41 Å². The molecule has 1 aliphatic rings. The fourth-order valence-corrected chi connectivity index (χ4v) is 4.67. The van der Waals surface area contributed by atoms with Crippen LogP contribution < -0.4 is 22.1 Å². The van der Waals surface area contributed by atoms with Gasteiger partial charge in [-0.2, -0.15) is 0 Å². The van der Waals surface area contributed by atoms with E-state index in [4.69, 9.17) is 40.1 Å². The number of rotatable bonds is 7. The van der Waals surface area contributed by atoms with Crippen LogP contribution in [0.2, 0.25) is 10.0 Å². The lowest BCUT2D eigenvalue weighted by molar-refractivity contribution is -0.110. The maximum Gasteiger partial charge on any atom is 0.258 e. The molecule has 0 atom stereocenters. The molecule has 0 aliphatic carbocycles. The highest BCUT2D eigenvalue weighted by molar-refractivity contribution is 7.97. The molecule has 3 rings (SSSR count). The Kier molecular flexibility index (Phi) is 11.2. The van der Waals surface area contributed by atoms with Crippen molar-refractivity contribution in [2.75, 3.05) is 18.8 Å². The molecule has 0 bridgehead atoms. The van der Waals surface area contributed by atoms with Crippen LogP contribution in [0.25, 0.3) is 0 Å². The van der Waals surface area contributed by atoms with Crippen molar-refractivity contribution < 1.29 is 9.59 Å². The molecule has 1 heterocycles. The Balaban J connectivity index is 0.000000240. The van der Waals surface area contributed by atoms with Gasteiger partial charge in [-0.05, 0) is 62.0 Å². The van der Waals surface area contributed by atoms with E-state index in [0.29, 0.717) is 11.7 Å². The van der Waals surface area contributed by atoms with Crippen molar-refractivity contribution in [1.29, 1.82) is 5.41 Å². The SMILES string of the molecule is C/C(N)=C(/C=N)NC(=O)c1c(Cl)cccc1Cl.Nc1cccc(SN2CCC(NC=O)CC2)c1. The highest BCUT2D eigenvalue weighted by Gasteiger charge is 2.19. The Morgan fingerprint density at radius 1 is 1.18 bits per heavy atom.